The van der Waals surface area contributed by atoms with Crippen LogP contribution in [0.1, 0.15) is 5.56 Å². The van der Waals surface area contributed by atoms with Gasteiger partial charge in [0.2, 0.25) is 5.89 Å². The second-order valence-corrected chi connectivity index (χ2v) is 6.68. The molecule has 5 nitrogen and oxygen atoms in total. The van der Waals surface area contributed by atoms with E-state index in [0.29, 0.717) is 29.0 Å². The Balaban J connectivity index is 1.49. The smallest absolute Gasteiger partial charge is 0.276 e. The molecule has 120 valence electrons. The highest BCUT2D eigenvalue weighted by molar-refractivity contribution is 9.10. The molecule has 0 saturated carbocycles. The van der Waals surface area contributed by atoms with E-state index in [0.717, 1.165) is 15.8 Å². The first-order valence-corrected chi connectivity index (χ1v) is 8.87. The van der Waals surface area contributed by atoms with Gasteiger partial charge in [-0.1, -0.05) is 33.8 Å². The number of aromatic nitrogens is 2. The summed E-state index contributed by atoms with van der Waals surface area (Å²) in [5.41, 5.74) is 1.49. The average molecular weight is 402 g/mol. The van der Waals surface area contributed by atoms with Crippen LogP contribution in [0, 0.1) is 11.3 Å². The molecule has 0 unspecified atom stereocenters. The summed E-state index contributed by atoms with van der Waals surface area (Å²) in [7, 11) is 0. The molecule has 3 rings (SSSR count). The average Bonchev–Trinajstić information content (AvgIpc) is 3.08. The van der Waals surface area contributed by atoms with Crippen LogP contribution >= 0.6 is 27.7 Å². The molecule has 2 aromatic carbocycles. The van der Waals surface area contributed by atoms with Crippen LogP contribution in [0.3, 0.4) is 0 Å². The van der Waals surface area contributed by atoms with Crippen LogP contribution in [0.5, 0.6) is 5.75 Å². The molecule has 0 fully saturated rings. The van der Waals surface area contributed by atoms with Gasteiger partial charge in [-0.25, -0.2) is 0 Å². The number of nitrogens with zero attached hydrogens (tertiary/aromatic N) is 3. The summed E-state index contributed by atoms with van der Waals surface area (Å²) < 4.78 is 12.2. The number of hydrogen-bond donors (Lipinski definition) is 0. The van der Waals surface area contributed by atoms with Gasteiger partial charge >= 0.3 is 0 Å². The molecule has 0 bridgehead atoms. The van der Waals surface area contributed by atoms with Gasteiger partial charge in [-0.05, 0) is 42.5 Å². The van der Waals surface area contributed by atoms with Gasteiger partial charge in [0, 0.05) is 15.8 Å². The zero-order valence-corrected chi connectivity index (χ0v) is 14.9. The predicted molar refractivity (Wildman–Crippen MR) is 94.8 cm³/mol. The summed E-state index contributed by atoms with van der Waals surface area (Å²) in [6.45, 7) is 0.505. The molecule has 7 heteroatoms. The SMILES string of the molecule is N#Cc1ccc(OCCSc2nnc(-c3cccc(Br)c3)o2)cc1. The summed E-state index contributed by atoms with van der Waals surface area (Å²) in [4.78, 5) is 0. The van der Waals surface area contributed by atoms with E-state index in [2.05, 4.69) is 32.2 Å². The molecular formula is C17H12BrN3O2S. The first kappa shape index (κ1) is 16.6. The largest absolute Gasteiger partial charge is 0.493 e. The molecule has 0 aliphatic heterocycles. The second-order valence-electron chi connectivity index (χ2n) is 4.72. The van der Waals surface area contributed by atoms with Crippen molar-refractivity contribution in [3.63, 3.8) is 0 Å². The number of ether oxygens (including phenoxy) is 1. The van der Waals surface area contributed by atoms with Gasteiger partial charge in [-0.15, -0.1) is 10.2 Å². The topological polar surface area (TPSA) is 71.9 Å². The van der Waals surface area contributed by atoms with Crippen molar-refractivity contribution in [1.82, 2.24) is 10.2 Å². The van der Waals surface area contributed by atoms with Crippen LogP contribution in [-0.2, 0) is 0 Å². The van der Waals surface area contributed by atoms with E-state index in [1.165, 1.54) is 11.8 Å². The lowest BCUT2D eigenvalue weighted by atomic mass is 10.2. The molecule has 24 heavy (non-hydrogen) atoms. The number of thioether (sulfide) groups is 1. The predicted octanol–water partition coefficient (Wildman–Crippen LogP) is 4.54. The second kappa shape index (κ2) is 7.99. The molecule has 0 radical (unpaired) electrons. The van der Waals surface area contributed by atoms with Crippen LogP contribution in [0.4, 0.5) is 0 Å². The van der Waals surface area contributed by atoms with Gasteiger partial charge < -0.3 is 9.15 Å². The van der Waals surface area contributed by atoms with Gasteiger partial charge in [0.05, 0.1) is 18.2 Å². The third-order valence-electron chi connectivity index (χ3n) is 3.04. The van der Waals surface area contributed by atoms with Crippen LogP contribution in [0.15, 0.2) is 62.6 Å². The molecule has 0 spiro atoms. The summed E-state index contributed by atoms with van der Waals surface area (Å²) in [6.07, 6.45) is 0. The zero-order valence-electron chi connectivity index (χ0n) is 12.5. The minimum atomic E-state index is 0.492. The fraction of sp³-hybridized carbons (Fsp3) is 0.118. The number of hydrogen-bond acceptors (Lipinski definition) is 6. The maximum absolute atomic E-state index is 8.75. The van der Waals surface area contributed by atoms with Gasteiger partial charge in [-0.3, -0.25) is 0 Å². The quantitative estimate of drug-likeness (QED) is 0.445. The number of nitriles is 1. The van der Waals surface area contributed by atoms with Crippen LogP contribution in [0.25, 0.3) is 11.5 Å². The molecule has 0 amide bonds. The Bertz CT molecular complexity index is 859. The van der Waals surface area contributed by atoms with Crippen molar-refractivity contribution in [2.24, 2.45) is 0 Å². The fourth-order valence-electron chi connectivity index (χ4n) is 1.92. The Kier molecular flexibility index (Phi) is 5.51. The van der Waals surface area contributed by atoms with Gasteiger partial charge in [-0.2, -0.15) is 5.26 Å². The van der Waals surface area contributed by atoms with Crippen molar-refractivity contribution in [2.75, 3.05) is 12.4 Å². The lowest BCUT2D eigenvalue weighted by molar-refractivity contribution is 0.343. The summed E-state index contributed by atoms with van der Waals surface area (Å²) >= 11 is 4.86. The lowest BCUT2D eigenvalue weighted by Gasteiger charge is -2.04. The first-order valence-electron chi connectivity index (χ1n) is 7.10. The molecule has 3 aromatic rings. The van der Waals surface area contributed by atoms with E-state index >= 15 is 0 Å². The Hall–Kier alpha value is -2.30. The van der Waals surface area contributed by atoms with Crippen molar-refractivity contribution in [3.8, 4) is 23.3 Å². The maximum Gasteiger partial charge on any atom is 0.276 e. The van der Waals surface area contributed by atoms with Crippen LogP contribution < -0.4 is 4.74 Å². The number of halogens is 1. The highest BCUT2D eigenvalue weighted by atomic mass is 79.9. The summed E-state index contributed by atoms with van der Waals surface area (Å²) in [5.74, 6) is 1.90. The van der Waals surface area contributed by atoms with Gasteiger partial charge in [0.15, 0.2) is 0 Å². The molecule has 0 saturated heterocycles. The molecular weight excluding hydrogens is 390 g/mol. The molecule has 0 aliphatic carbocycles. The maximum atomic E-state index is 8.75. The van der Waals surface area contributed by atoms with E-state index in [-0.39, 0.29) is 0 Å². The third-order valence-corrected chi connectivity index (χ3v) is 4.32. The van der Waals surface area contributed by atoms with Gasteiger partial charge in [0.1, 0.15) is 5.75 Å². The normalized spacial score (nSPS) is 10.3. The zero-order chi connectivity index (χ0) is 16.8. The van der Waals surface area contributed by atoms with Crippen molar-refractivity contribution >= 4 is 27.7 Å². The number of rotatable bonds is 6. The van der Waals surface area contributed by atoms with E-state index in [9.17, 15) is 0 Å². The van der Waals surface area contributed by atoms with Crippen molar-refractivity contribution in [2.45, 2.75) is 5.22 Å². The molecule has 0 atom stereocenters. The molecule has 1 aromatic heterocycles. The van der Waals surface area contributed by atoms with Crippen molar-refractivity contribution < 1.29 is 9.15 Å². The minimum absolute atomic E-state index is 0.492. The molecule has 1 heterocycles. The first-order chi connectivity index (χ1) is 11.7. The lowest BCUT2D eigenvalue weighted by Crippen LogP contribution is -1.99. The van der Waals surface area contributed by atoms with Crippen molar-refractivity contribution in [3.05, 3.63) is 58.6 Å². The van der Waals surface area contributed by atoms with E-state index < -0.39 is 0 Å². The fourth-order valence-corrected chi connectivity index (χ4v) is 2.90. The summed E-state index contributed by atoms with van der Waals surface area (Å²) in [6, 6.07) is 16.8. The molecule has 0 aliphatic rings. The van der Waals surface area contributed by atoms with E-state index in [1.54, 1.807) is 24.3 Å². The van der Waals surface area contributed by atoms with Crippen LogP contribution in [-0.4, -0.2) is 22.6 Å². The van der Waals surface area contributed by atoms with E-state index in [4.69, 9.17) is 14.4 Å². The van der Waals surface area contributed by atoms with Gasteiger partial charge in [0.25, 0.3) is 5.22 Å². The monoisotopic (exact) mass is 401 g/mol. The Morgan fingerprint density at radius 2 is 2.00 bits per heavy atom. The highest BCUT2D eigenvalue weighted by Gasteiger charge is 2.09. The Morgan fingerprint density at radius 1 is 1.17 bits per heavy atom. The van der Waals surface area contributed by atoms with E-state index in [1.807, 2.05) is 24.3 Å². The number of benzene rings is 2. The minimum Gasteiger partial charge on any atom is -0.493 e. The summed E-state index contributed by atoms with van der Waals surface area (Å²) in [5, 5.41) is 17.3. The third kappa shape index (κ3) is 4.37. The highest BCUT2D eigenvalue weighted by Crippen LogP contribution is 2.25. The van der Waals surface area contributed by atoms with Crippen LogP contribution in [0.2, 0.25) is 0 Å². The molecule has 0 N–H and O–H groups in total. The standard InChI is InChI=1S/C17H12BrN3O2S/c18-14-3-1-2-13(10-14)16-20-21-17(23-16)24-9-8-22-15-6-4-12(11-19)5-7-15/h1-7,10H,8-9H2. The Morgan fingerprint density at radius 3 is 2.75 bits per heavy atom. The Labute approximate surface area is 151 Å². The van der Waals surface area contributed by atoms with Crippen molar-refractivity contribution in [1.29, 1.82) is 5.26 Å².